The minimum Gasteiger partial charge on any atom is -0.463 e. The maximum absolute atomic E-state index is 11.5. The van der Waals surface area contributed by atoms with E-state index in [-0.39, 0.29) is 12.6 Å². The van der Waals surface area contributed by atoms with Gasteiger partial charge in [-0.3, -0.25) is 9.69 Å². The molecule has 3 unspecified atom stereocenters. The summed E-state index contributed by atoms with van der Waals surface area (Å²) in [7, 11) is 0. The van der Waals surface area contributed by atoms with Crippen molar-refractivity contribution in [1.29, 1.82) is 0 Å². The zero-order valence-electron chi connectivity index (χ0n) is 13.5. The molecule has 1 heterocycles. The second kappa shape index (κ2) is 7.99. The van der Waals surface area contributed by atoms with Crippen molar-refractivity contribution in [3.05, 3.63) is 0 Å². The Labute approximate surface area is 123 Å². The number of esters is 1. The van der Waals surface area contributed by atoms with Gasteiger partial charge in [-0.1, -0.05) is 33.6 Å². The van der Waals surface area contributed by atoms with E-state index in [0.717, 1.165) is 25.8 Å². The number of nitrogens with zero attached hydrogens (tertiary/aromatic N) is 1. The molecule has 0 bridgehead atoms. The zero-order valence-corrected chi connectivity index (χ0v) is 13.5. The molecule has 1 saturated heterocycles. The highest BCUT2D eigenvalue weighted by Crippen LogP contribution is 2.22. The predicted molar refractivity (Wildman–Crippen MR) is 80.5 cm³/mol. The summed E-state index contributed by atoms with van der Waals surface area (Å²) in [6, 6.07) is 0.572. The van der Waals surface area contributed by atoms with Crippen LogP contribution < -0.4 is 0 Å². The number of rotatable bonds is 9. The number of hydrogen-bond acceptors (Lipinski definition) is 4. The third kappa shape index (κ3) is 8.54. The lowest BCUT2D eigenvalue weighted by Crippen LogP contribution is -2.26. The fraction of sp³-hybridized carbons (Fsp3) is 0.938. The average Bonchev–Trinajstić information content (AvgIpc) is 3.00. The van der Waals surface area contributed by atoms with Crippen LogP contribution in [0.3, 0.4) is 0 Å². The van der Waals surface area contributed by atoms with Crippen molar-refractivity contribution in [3.63, 3.8) is 0 Å². The summed E-state index contributed by atoms with van der Waals surface area (Å²) in [5.74, 6) is -0.182. The molecule has 1 aliphatic heterocycles. The lowest BCUT2D eigenvalue weighted by atomic mass is 9.89. The standard InChI is InChI=1S/C16H31NO3/c1-13-10-17(13)11-14(18)12-20-15(19)8-6-5-7-9-16(2,3)4/h13-14,18H,5-12H2,1-4H3. The smallest absolute Gasteiger partial charge is 0.305 e. The molecular formula is C16H31NO3. The van der Waals surface area contributed by atoms with Crippen molar-refractivity contribution in [1.82, 2.24) is 4.90 Å². The molecule has 4 nitrogen and oxygen atoms in total. The van der Waals surface area contributed by atoms with E-state index in [1.807, 2.05) is 0 Å². The first-order chi connectivity index (χ1) is 9.28. The van der Waals surface area contributed by atoms with Crippen molar-refractivity contribution in [2.24, 2.45) is 5.41 Å². The summed E-state index contributed by atoms with van der Waals surface area (Å²) in [6.45, 7) is 10.6. The molecule has 0 spiro atoms. The van der Waals surface area contributed by atoms with E-state index in [1.165, 1.54) is 6.42 Å². The first-order valence-electron chi connectivity index (χ1n) is 7.85. The summed E-state index contributed by atoms with van der Waals surface area (Å²) in [5, 5.41) is 9.71. The van der Waals surface area contributed by atoms with Crippen molar-refractivity contribution in [2.75, 3.05) is 19.7 Å². The van der Waals surface area contributed by atoms with Crippen molar-refractivity contribution < 1.29 is 14.6 Å². The van der Waals surface area contributed by atoms with Crippen LogP contribution in [0.4, 0.5) is 0 Å². The Balaban J connectivity index is 1.94. The van der Waals surface area contributed by atoms with Crippen LogP contribution in [-0.2, 0) is 9.53 Å². The number of ether oxygens (including phenoxy) is 1. The summed E-state index contributed by atoms with van der Waals surface area (Å²) in [4.78, 5) is 13.7. The summed E-state index contributed by atoms with van der Waals surface area (Å²) >= 11 is 0. The minimum atomic E-state index is -0.551. The molecule has 0 radical (unpaired) electrons. The maximum Gasteiger partial charge on any atom is 0.305 e. The Morgan fingerprint density at radius 3 is 2.55 bits per heavy atom. The van der Waals surface area contributed by atoms with Gasteiger partial charge in [-0.15, -0.1) is 0 Å². The fourth-order valence-corrected chi connectivity index (χ4v) is 2.23. The van der Waals surface area contributed by atoms with E-state index in [4.69, 9.17) is 4.74 Å². The molecule has 0 aromatic heterocycles. The van der Waals surface area contributed by atoms with E-state index in [2.05, 4.69) is 32.6 Å². The average molecular weight is 285 g/mol. The van der Waals surface area contributed by atoms with Crippen molar-refractivity contribution in [2.45, 2.75) is 71.9 Å². The lowest BCUT2D eigenvalue weighted by molar-refractivity contribution is -0.146. The molecule has 1 aliphatic rings. The van der Waals surface area contributed by atoms with Crippen LogP contribution in [0.2, 0.25) is 0 Å². The van der Waals surface area contributed by atoms with Crippen LogP contribution in [0.5, 0.6) is 0 Å². The molecule has 118 valence electrons. The van der Waals surface area contributed by atoms with Gasteiger partial charge in [-0.2, -0.15) is 0 Å². The molecule has 3 atom stereocenters. The van der Waals surface area contributed by atoms with Gasteiger partial charge in [0, 0.05) is 25.6 Å². The Morgan fingerprint density at radius 2 is 2.00 bits per heavy atom. The SMILES string of the molecule is CC1CN1CC(O)COC(=O)CCCCCC(C)(C)C. The van der Waals surface area contributed by atoms with Crippen LogP contribution in [0.15, 0.2) is 0 Å². The van der Waals surface area contributed by atoms with Crippen molar-refractivity contribution >= 4 is 5.97 Å². The number of aliphatic hydroxyl groups excluding tert-OH is 1. The zero-order chi connectivity index (χ0) is 15.2. The molecule has 1 N–H and O–H groups in total. The molecule has 4 heteroatoms. The molecule has 0 aromatic carbocycles. The van der Waals surface area contributed by atoms with Gasteiger partial charge >= 0.3 is 5.97 Å². The minimum absolute atomic E-state index is 0.129. The highest BCUT2D eigenvalue weighted by atomic mass is 16.5. The molecule has 0 amide bonds. The van der Waals surface area contributed by atoms with E-state index in [0.29, 0.717) is 24.4 Å². The van der Waals surface area contributed by atoms with E-state index in [1.54, 1.807) is 0 Å². The van der Waals surface area contributed by atoms with Crippen molar-refractivity contribution in [3.8, 4) is 0 Å². The monoisotopic (exact) mass is 285 g/mol. The topological polar surface area (TPSA) is 49.5 Å². The number of carbonyl (C=O) groups is 1. The number of carbonyl (C=O) groups excluding carboxylic acids is 1. The van der Waals surface area contributed by atoms with Crippen LogP contribution in [-0.4, -0.2) is 47.8 Å². The largest absolute Gasteiger partial charge is 0.463 e. The van der Waals surface area contributed by atoms with Gasteiger partial charge in [-0.25, -0.2) is 0 Å². The Bertz CT molecular complexity index is 299. The molecule has 0 saturated carbocycles. The summed E-state index contributed by atoms with van der Waals surface area (Å²) in [6.07, 6.45) is 4.22. The van der Waals surface area contributed by atoms with Gasteiger partial charge in [0.05, 0.1) is 0 Å². The number of aliphatic hydroxyl groups is 1. The highest BCUT2D eigenvalue weighted by molar-refractivity contribution is 5.69. The van der Waals surface area contributed by atoms with E-state index in [9.17, 15) is 9.90 Å². The van der Waals surface area contributed by atoms with Gasteiger partial charge in [0.1, 0.15) is 12.7 Å². The number of hydrogen-bond donors (Lipinski definition) is 1. The van der Waals surface area contributed by atoms with Gasteiger partial charge in [0.15, 0.2) is 0 Å². The normalized spacial score (nSPS) is 23.4. The summed E-state index contributed by atoms with van der Waals surface area (Å²) in [5.41, 5.74) is 0.375. The van der Waals surface area contributed by atoms with Crippen LogP contribution in [0, 0.1) is 5.41 Å². The van der Waals surface area contributed by atoms with Crippen LogP contribution in [0.25, 0.3) is 0 Å². The molecular weight excluding hydrogens is 254 g/mol. The van der Waals surface area contributed by atoms with Crippen LogP contribution >= 0.6 is 0 Å². The number of unbranched alkanes of at least 4 members (excludes halogenated alkanes) is 2. The maximum atomic E-state index is 11.5. The van der Waals surface area contributed by atoms with Gasteiger partial charge in [-0.05, 0) is 25.2 Å². The predicted octanol–water partition coefficient (Wildman–Crippen LogP) is 2.59. The Hall–Kier alpha value is -0.610. The van der Waals surface area contributed by atoms with E-state index < -0.39 is 6.10 Å². The molecule has 0 aromatic rings. The molecule has 20 heavy (non-hydrogen) atoms. The third-order valence-corrected chi connectivity index (χ3v) is 3.68. The molecule has 1 rings (SSSR count). The summed E-state index contributed by atoms with van der Waals surface area (Å²) < 4.78 is 5.10. The highest BCUT2D eigenvalue weighted by Gasteiger charge is 2.30. The number of β-amino-alcohol motifs (C(OH)–C–C–N with tert-alkyl or cyclic N) is 1. The lowest BCUT2D eigenvalue weighted by Gasteiger charge is -2.17. The first kappa shape index (κ1) is 17.4. The molecule has 0 aliphatic carbocycles. The van der Waals surface area contributed by atoms with Gasteiger partial charge in [0.2, 0.25) is 0 Å². The third-order valence-electron chi connectivity index (χ3n) is 3.68. The Morgan fingerprint density at radius 1 is 1.35 bits per heavy atom. The Kier molecular flexibility index (Phi) is 6.96. The first-order valence-corrected chi connectivity index (χ1v) is 7.85. The fourth-order valence-electron chi connectivity index (χ4n) is 2.23. The molecule has 1 fully saturated rings. The van der Waals surface area contributed by atoms with E-state index >= 15 is 0 Å². The van der Waals surface area contributed by atoms with Gasteiger partial charge in [0.25, 0.3) is 0 Å². The van der Waals surface area contributed by atoms with Gasteiger partial charge < -0.3 is 9.84 Å². The second-order valence-electron chi connectivity index (χ2n) is 7.26. The van der Waals surface area contributed by atoms with Crippen LogP contribution in [0.1, 0.15) is 59.8 Å². The quantitative estimate of drug-likeness (QED) is 0.402. The second-order valence-corrected chi connectivity index (χ2v) is 7.26.